The monoisotopic (exact) mass is 419 g/mol. The number of carbonyl (C=O) groups excluding carboxylic acids is 2. The highest BCUT2D eigenvalue weighted by Crippen LogP contribution is 2.15. The molecule has 1 aliphatic rings. The third kappa shape index (κ3) is 6.25. The summed E-state index contributed by atoms with van der Waals surface area (Å²) in [5.74, 6) is -0.357. The number of halogens is 1. The Balaban J connectivity index is 0.00000300. The number of anilines is 2. The molecule has 1 fully saturated rings. The number of nitrogens with zero attached hydrogens (tertiary/aromatic N) is 4. The quantitative estimate of drug-likeness (QED) is 0.569. The first-order valence-electron chi connectivity index (χ1n) is 9.22. The Morgan fingerprint density at radius 2 is 1.72 bits per heavy atom. The SMILES string of the molecule is COC(=O)CN(CNC(=O)N1CCN(c2ccncc2)CC1)c1ccccc1.Cl. The van der Waals surface area contributed by atoms with Crippen LogP contribution in [0.4, 0.5) is 16.2 Å². The van der Waals surface area contributed by atoms with Crippen molar-refractivity contribution in [2.24, 2.45) is 0 Å². The second-order valence-corrected chi connectivity index (χ2v) is 6.43. The van der Waals surface area contributed by atoms with Crippen LogP contribution in [0.2, 0.25) is 0 Å². The minimum Gasteiger partial charge on any atom is -0.468 e. The van der Waals surface area contributed by atoms with E-state index in [1.165, 1.54) is 7.11 Å². The van der Waals surface area contributed by atoms with Crippen LogP contribution in [0.5, 0.6) is 0 Å². The number of piperazine rings is 1. The van der Waals surface area contributed by atoms with Crippen molar-refractivity contribution in [3.8, 4) is 0 Å². The van der Waals surface area contributed by atoms with Crippen molar-refractivity contribution in [2.75, 3.05) is 56.3 Å². The predicted molar refractivity (Wildman–Crippen MR) is 114 cm³/mol. The van der Waals surface area contributed by atoms with Crippen molar-refractivity contribution >= 4 is 35.8 Å². The molecule has 1 saturated heterocycles. The van der Waals surface area contributed by atoms with E-state index in [0.29, 0.717) is 13.1 Å². The van der Waals surface area contributed by atoms with Gasteiger partial charge in [0.1, 0.15) is 6.54 Å². The molecule has 0 unspecified atom stereocenters. The molecule has 8 nitrogen and oxygen atoms in total. The first kappa shape index (κ1) is 22.3. The summed E-state index contributed by atoms with van der Waals surface area (Å²) in [6.45, 7) is 3.09. The molecule has 156 valence electrons. The van der Waals surface area contributed by atoms with Crippen molar-refractivity contribution in [3.05, 3.63) is 54.9 Å². The Morgan fingerprint density at radius 1 is 1.07 bits per heavy atom. The molecule has 0 spiro atoms. The third-order valence-corrected chi connectivity index (χ3v) is 4.68. The number of hydrogen-bond acceptors (Lipinski definition) is 6. The maximum Gasteiger partial charge on any atom is 0.325 e. The van der Waals surface area contributed by atoms with Gasteiger partial charge >= 0.3 is 12.0 Å². The van der Waals surface area contributed by atoms with Crippen molar-refractivity contribution in [3.63, 3.8) is 0 Å². The summed E-state index contributed by atoms with van der Waals surface area (Å²) in [7, 11) is 1.35. The van der Waals surface area contributed by atoms with Gasteiger partial charge in [0.05, 0.1) is 13.8 Å². The molecule has 0 saturated carbocycles. The lowest BCUT2D eigenvalue weighted by Crippen LogP contribution is -2.53. The molecule has 9 heteroatoms. The van der Waals surface area contributed by atoms with Crippen molar-refractivity contribution in [1.82, 2.24) is 15.2 Å². The number of aromatic nitrogens is 1. The lowest BCUT2D eigenvalue weighted by atomic mass is 10.3. The molecular formula is C20H26ClN5O3. The highest BCUT2D eigenvalue weighted by atomic mass is 35.5. The zero-order valence-electron chi connectivity index (χ0n) is 16.4. The minimum absolute atomic E-state index is 0. The van der Waals surface area contributed by atoms with Gasteiger partial charge in [-0.15, -0.1) is 12.4 Å². The molecular weight excluding hydrogens is 394 g/mol. The minimum atomic E-state index is -0.357. The molecule has 2 heterocycles. The molecule has 0 atom stereocenters. The van der Waals surface area contributed by atoms with E-state index in [-0.39, 0.29) is 37.6 Å². The van der Waals surface area contributed by atoms with Crippen LogP contribution in [0.3, 0.4) is 0 Å². The van der Waals surface area contributed by atoms with Gasteiger partial charge in [-0.3, -0.25) is 9.78 Å². The van der Waals surface area contributed by atoms with E-state index in [1.54, 1.807) is 22.2 Å². The largest absolute Gasteiger partial charge is 0.468 e. The van der Waals surface area contributed by atoms with E-state index < -0.39 is 0 Å². The average Bonchev–Trinajstić information content (AvgIpc) is 2.77. The van der Waals surface area contributed by atoms with Gasteiger partial charge in [-0.05, 0) is 24.3 Å². The van der Waals surface area contributed by atoms with E-state index in [4.69, 9.17) is 4.74 Å². The number of pyridine rings is 1. The number of ether oxygens (including phenoxy) is 1. The summed E-state index contributed by atoms with van der Waals surface area (Å²) >= 11 is 0. The van der Waals surface area contributed by atoms with E-state index in [0.717, 1.165) is 24.5 Å². The lowest BCUT2D eigenvalue weighted by molar-refractivity contribution is -0.138. The van der Waals surface area contributed by atoms with Crippen LogP contribution in [-0.2, 0) is 9.53 Å². The van der Waals surface area contributed by atoms with Gasteiger partial charge < -0.3 is 24.8 Å². The number of rotatable bonds is 6. The van der Waals surface area contributed by atoms with Gasteiger partial charge in [0.25, 0.3) is 0 Å². The summed E-state index contributed by atoms with van der Waals surface area (Å²) in [5, 5.41) is 2.91. The van der Waals surface area contributed by atoms with Gasteiger partial charge in [-0.2, -0.15) is 0 Å². The Hall–Kier alpha value is -3.00. The topological polar surface area (TPSA) is 78.0 Å². The Kier molecular flexibility index (Phi) is 8.54. The number of carbonyl (C=O) groups is 2. The number of methoxy groups -OCH3 is 1. The number of hydrogen-bond donors (Lipinski definition) is 1. The summed E-state index contributed by atoms with van der Waals surface area (Å²) in [5.41, 5.74) is 1.96. The van der Waals surface area contributed by atoms with Gasteiger partial charge in [0, 0.05) is 49.9 Å². The fraction of sp³-hybridized carbons (Fsp3) is 0.350. The molecule has 1 aromatic carbocycles. The molecule has 29 heavy (non-hydrogen) atoms. The fourth-order valence-corrected chi connectivity index (χ4v) is 3.10. The van der Waals surface area contributed by atoms with Crippen molar-refractivity contribution in [2.45, 2.75) is 0 Å². The Bertz CT molecular complexity index is 770. The summed E-state index contributed by atoms with van der Waals surface area (Å²) in [6.07, 6.45) is 3.54. The van der Waals surface area contributed by atoms with Gasteiger partial charge in [-0.1, -0.05) is 18.2 Å². The number of nitrogens with one attached hydrogen (secondary N) is 1. The molecule has 0 radical (unpaired) electrons. The molecule has 3 rings (SSSR count). The van der Waals surface area contributed by atoms with Crippen molar-refractivity contribution < 1.29 is 14.3 Å². The van der Waals surface area contributed by atoms with Crippen LogP contribution in [0.25, 0.3) is 0 Å². The second kappa shape index (κ2) is 11.1. The lowest BCUT2D eigenvalue weighted by Gasteiger charge is -2.36. The number of esters is 1. The molecule has 1 aromatic heterocycles. The Labute approximate surface area is 176 Å². The highest BCUT2D eigenvalue weighted by molar-refractivity contribution is 5.85. The number of amides is 2. The number of para-hydroxylation sites is 1. The van der Waals surface area contributed by atoms with Crippen LogP contribution >= 0.6 is 12.4 Å². The van der Waals surface area contributed by atoms with E-state index in [9.17, 15) is 9.59 Å². The van der Waals surface area contributed by atoms with Crippen molar-refractivity contribution in [1.29, 1.82) is 0 Å². The third-order valence-electron chi connectivity index (χ3n) is 4.68. The van der Waals surface area contributed by atoms with Crippen LogP contribution in [-0.4, -0.2) is 68.4 Å². The first-order valence-corrected chi connectivity index (χ1v) is 9.22. The summed E-state index contributed by atoms with van der Waals surface area (Å²) in [6, 6.07) is 13.3. The zero-order chi connectivity index (χ0) is 19.8. The van der Waals surface area contributed by atoms with Gasteiger partial charge in [-0.25, -0.2) is 4.79 Å². The number of urea groups is 1. The fourth-order valence-electron chi connectivity index (χ4n) is 3.10. The van der Waals surface area contributed by atoms with Gasteiger partial charge in [0.15, 0.2) is 0 Å². The standard InChI is InChI=1S/C20H25N5O3.ClH/c1-28-19(26)15-25(17-5-3-2-4-6-17)16-22-20(27)24-13-11-23(12-14-24)18-7-9-21-10-8-18;/h2-10H,11-16H2,1H3,(H,22,27);1H. The molecule has 2 aromatic rings. The van der Waals surface area contributed by atoms with E-state index in [2.05, 4.69) is 15.2 Å². The zero-order valence-corrected chi connectivity index (χ0v) is 17.2. The maximum atomic E-state index is 12.6. The van der Waals surface area contributed by atoms with Crippen LogP contribution < -0.4 is 15.1 Å². The first-order chi connectivity index (χ1) is 13.7. The highest BCUT2D eigenvalue weighted by Gasteiger charge is 2.22. The van der Waals surface area contributed by atoms with Crippen LogP contribution in [0.1, 0.15) is 0 Å². The van der Waals surface area contributed by atoms with E-state index in [1.807, 2.05) is 42.5 Å². The molecule has 1 aliphatic heterocycles. The predicted octanol–water partition coefficient (Wildman–Crippen LogP) is 1.97. The summed E-state index contributed by atoms with van der Waals surface area (Å²) in [4.78, 5) is 34.1. The average molecular weight is 420 g/mol. The van der Waals surface area contributed by atoms with E-state index >= 15 is 0 Å². The molecule has 1 N–H and O–H groups in total. The molecule has 0 aliphatic carbocycles. The second-order valence-electron chi connectivity index (χ2n) is 6.43. The normalized spacial score (nSPS) is 13.3. The molecule has 2 amide bonds. The summed E-state index contributed by atoms with van der Waals surface area (Å²) < 4.78 is 4.77. The number of benzene rings is 1. The Morgan fingerprint density at radius 3 is 2.34 bits per heavy atom. The van der Waals surface area contributed by atoms with Gasteiger partial charge in [0.2, 0.25) is 0 Å². The smallest absolute Gasteiger partial charge is 0.325 e. The van der Waals surface area contributed by atoms with Crippen LogP contribution in [0.15, 0.2) is 54.9 Å². The maximum absolute atomic E-state index is 12.6. The molecule has 0 bridgehead atoms. The van der Waals surface area contributed by atoms with Crippen LogP contribution in [0, 0.1) is 0 Å².